The maximum absolute atomic E-state index is 12.0. The van der Waals surface area contributed by atoms with E-state index in [0.717, 1.165) is 38.5 Å². The summed E-state index contributed by atoms with van der Waals surface area (Å²) in [4.78, 5) is 23.6. The molecule has 0 saturated heterocycles. The fraction of sp³-hybridized carbons (Fsp3) is 0.565. The molecule has 0 unspecified atom stereocenters. The van der Waals surface area contributed by atoms with Crippen LogP contribution in [0.5, 0.6) is 5.75 Å². The molecule has 0 aromatic heterocycles. The summed E-state index contributed by atoms with van der Waals surface area (Å²) in [5.74, 6) is -0.0130. The van der Waals surface area contributed by atoms with E-state index in [1.165, 1.54) is 13.8 Å². The Morgan fingerprint density at radius 2 is 1.59 bits per heavy atom. The molecule has 0 atom stereocenters. The molecule has 0 saturated carbocycles. The van der Waals surface area contributed by atoms with Gasteiger partial charge in [0.15, 0.2) is 5.78 Å². The number of hydrogen-bond donors (Lipinski definition) is 2. The van der Waals surface area contributed by atoms with Gasteiger partial charge in [-0.1, -0.05) is 12.2 Å². The first-order chi connectivity index (χ1) is 13.8. The summed E-state index contributed by atoms with van der Waals surface area (Å²) in [7, 11) is 0. The number of aliphatic hydroxyl groups excluding tert-OH is 1. The first-order valence-corrected chi connectivity index (χ1v) is 10.3. The molecule has 0 aliphatic heterocycles. The Morgan fingerprint density at radius 3 is 2.17 bits per heavy atom. The van der Waals surface area contributed by atoms with Gasteiger partial charge in [0.2, 0.25) is 0 Å². The molecule has 0 spiro atoms. The lowest BCUT2D eigenvalue weighted by Crippen LogP contribution is -2.30. The van der Waals surface area contributed by atoms with Gasteiger partial charge < -0.3 is 19.7 Å². The highest BCUT2D eigenvalue weighted by Gasteiger charge is 2.24. The highest BCUT2D eigenvalue weighted by atomic mass is 16.6. The van der Waals surface area contributed by atoms with Crippen LogP contribution in [0.1, 0.15) is 69.2 Å². The summed E-state index contributed by atoms with van der Waals surface area (Å²) in [6, 6.07) is 6.50. The number of carbonyl (C=O) groups is 2. The lowest BCUT2D eigenvalue weighted by Gasteiger charge is -2.15. The van der Waals surface area contributed by atoms with Crippen molar-refractivity contribution in [2.75, 3.05) is 19.8 Å². The monoisotopic (exact) mass is 406 g/mol. The summed E-state index contributed by atoms with van der Waals surface area (Å²) in [5.41, 5.74) is -0.996. The number of rotatable bonds is 15. The molecule has 6 nitrogen and oxygen atoms in total. The van der Waals surface area contributed by atoms with Crippen molar-refractivity contribution in [2.24, 2.45) is 0 Å². The maximum Gasteiger partial charge on any atom is 0.305 e. The van der Waals surface area contributed by atoms with E-state index in [1.54, 1.807) is 24.3 Å². The molecule has 2 N–H and O–H groups in total. The normalized spacial score (nSPS) is 11.6. The number of hydrogen-bond acceptors (Lipinski definition) is 6. The molecule has 0 radical (unpaired) electrons. The van der Waals surface area contributed by atoms with Gasteiger partial charge in [0.25, 0.3) is 0 Å². The Bertz CT molecular complexity index is 628. The Hall–Kier alpha value is -2.18. The van der Waals surface area contributed by atoms with Gasteiger partial charge in [-0.25, -0.2) is 0 Å². The molecule has 0 aliphatic carbocycles. The summed E-state index contributed by atoms with van der Waals surface area (Å²) in [6.45, 7) is 3.56. The number of unbranched alkanes of at least 4 members (excludes halogenated alkanes) is 4. The molecule has 0 heterocycles. The molecule has 0 amide bonds. The molecule has 0 bridgehead atoms. The van der Waals surface area contributed by atoms with Crippen LogP contribution in [0.2, 0.25) is 0 Å². The fourth-order valence-corrected chi connectivity index (χ4v) is 2.58. The second-order valence-corrected chi connectivity index (χ2v) is 7.42. The average molecular weight is 407 g/mol. The predicted molar refractivity (Wildman–Crippen MR) is 112 cm³/mol. The third kappa shape index (κ3) is 11.4. The van der Waals surface area contributed by atoms with Crippen LogP contribution in [0.15, 0.2) is 36.4 Å². The molecule has 0 fully saturated rings. The lowest BCUT2D eigenvalue weighted by molar-refractivity contribution is -0.144. The average Bonchev–Trinajstić information content (AvgIpc) is 2.69. The van der Waals surface area contributed by atoms with Crippen molar-refractivity contribution in [2.45, 2.75) is 64.4 Å². The van der Waals surface area contributed by atoms with E-state index in [0.29, 0.717) is 17.7 Å². The molecule has 29 heavy (non-hydrogen) atoms. The Balaban J connectivity index is 2.11. The first-order valence-electron chi connectivity index (χ1n) is 10.3. The van der Waals surface area contributed by atoms with Crippen LogP contribution >= 0.6 is 0 Å². The smallest absolute Gasteiger partial charge is 0.305 e. The Labute approximate surface area is 173 Å². The van der Waals surface area contributed by atoms with Gasteiger partial charge in [0.05, 0.1) is 0 Å². The zero-order chi connectivity index (χ0) is 21.5. The number of Topliss-reactive ketones (excluding diaryl/α,β-unsaturated/α-hetero) is 1. The van der Waals surface area contributed by atoms with Crippen molar-refractivity contribution in [1.82, 2.24) is 0 Å². The first kappa shape index (κ1) is 24.9. The van der Waals surface area contributed by atoms with E-state index in [1.807, 2.05) is 0 Å². The van der Waals surface area contributed by atoms with Gasteiger partial charge in [0.1, 0.15) is 24.6 Å². The zero-order valence-corrected chi connectivity index (χ0v) is 17.6. The Morgan fingerprint density at radius 1 is 0.966 bits per heavy atom. The molecule has 6 heteroatoms. The highest BCUT2D eigenvalue weighted by Crippen LogP contribution is 2.17. The van der Waals surface area contributed by atoms with E-state index in [4.69, 9.17) is 14.6 Å². The summed E-state index contributed by atoms with van der Waals surface area (Å²) in [5, 5.41) is 18.4. The van der Waals surface area contributed by atoms with Crippen molar-refractivity contribution in [3.05, 3.63) is 42.0 Å². The number of esters is 1. The van der Waals surface area contributed by atoms with Gasteiger partial charge in [-0.3, -0.25) is 9.59 Å². The van der Waals surface area contributed by atoms with Crippen molar-refractivity contribution in [3.8, 4) is 5.75 Å². The highest BCUT2D eigenvalue weighted by molar-refractivity contribution is 6.01. The third-order valence-electron chi connectivity index (χ3n) is 4.23. The van der Waals surface area contributed by atoms with Gasteiger partial charge in [-0.2, -0.15) is 0 Å². The van der Waals surface area contributed by atoms with Crippen molar-refractivity contribution in [3.63, 3.8) is 0 Å². The summed E-state index contributed by atoms with van der Waals surface area (Å²) >= 11 is 0. The predicted octanol–water partition coefficient (Wildman–Crippen LogP) is 3.84. The molecule has 1 aromatic carbocycles. The van der Waals surface area contributed by atoms with Gasteiger partial charge in [-0.05, 0) is 76.6 Å². The molecule has 1 rings (SSSR count). The minimum Gasteiger partial charge on any atom is -0.490 e. The number of carbonyl (C=O) groups excluding carboxylic acids is 2. The van der Waals surface area contributed by atoms with Crippen LogP contribution < -0.4 is 4.74 Å². The number of benzene rings is 1. The quantitative estimate of drug-likeness (QED) is 0.199. The number of ketones is 1. The van der Waals surface area contributed by atoms with Crippen LogP contribution in [-0.2, 0) is 9.53 Å². The van der Waals surface area contributed by atoms with E-state index in [2.05, 4.69) is 12.2 Å². The Kier molecular flexibility index (Phi) is 11.9. The van der Waals surface area contributed by atoms with E-state index >= 15 is 0 Å². The largest absolute Gasteiger partial charge is 0.490 e. The number of aliphatic hydroxyl groups is 2. The minimum absolute atomic E-state index is 0.175. The molecule has 1 aromatic rings. The molecule has 0 aliphatic rings. The van der Waals surface area contributed by atoms with Crippen LogP contribution in [0.25, 0.3) is 0 Å². The third-order valence-corrected chi connectivity index (χ3v) is 4.23. The minimum atomic E-state index is -1.41. The van der Waals surface area contributed by atoms with Gasteiger partial charge in [-0.15, -0.1) is 0 Å². The zero-order valence-electron chi connectivity index (χ0n) is 17.6. The van der Waals surface area contributed by atoms with E-state index in [-0.39, 0.29) is 31.6 Å². The second kappa shape index (κ2) is 13.9. The van der Waals surface area contributed by atoms with Crippen LogP contribution in [-0.4, -0.2) is 47.4 Å². The van der Waals surface area contributed by atoms with Crippen molar-refractivity contribution in [1.29, 1.82) is 0 Å². The van der Waals surface area contributed by atoms with Gasteiger partial charge >= 0.3 is 5.97 Å². The van der Waals surface area contributed by atoms with Gasteiger partial charge in [0, 0.05) is 18.6 Å². The lowest BCUT2D eigenvalue weighted by atomic mass is 9.97. The fourth-order valence-electron chi connectivity index (χ4n) is 2.58. The molecular formula is C23H34O6. The summed E-state index contributed by atoms with van der Waals surface area (Å²) in [6.07, 6.45) is 10.1. The van der Waals surface area contributed by atoms with Crippen LogP contribution in [0.4, 0.5) is 0 Å². The summed E-state index contributed by atoms with van der Waals surface area (Å²) < 4.78 is 10.6. The SMILES string of the molecule is CC(C)(O)C(=O)c1ccc(OCCOC(=O)CCCC/C=C/CCCCO)cc1. The van der Waals surface area contributed by atoms with Crippen LogP contribution in [0.3, 0.4) is 0 Å². The van der Waals surface area contributed by atoms with Crippen molar-refractivity contribution < 1.29 is 29.3 Å². The second-order valence-electron chi connectivity index (χ2n) is 7.42. The standard InChI is InChI=1S/C23H34O6/c1-23(2,27)22(26)19-12-14-20(15-13-19)28-17-18-29-21(25)11-9-7-5-3-4-6-8-10-16-24/h3-4,12-15,24,27H,5-11,16-18H2,1-2H3/b4-3+. The maximum atomic E-state index is 12.0. The van der Waals surface area contributed by atoms with Crippen LogP contribution in [0, 0.1) is 0 Å². The van der Waals surface area contributed by atoms with E-state index in [9.17, 15) is 14.7 Å². The topological polar surface area (TPSA) is 93.1 Å². The molecular weight excluding hydrogens is 372 g/mol. The van der Waals surface area contributed by atoms with Crippen molar-refractivity contribution >= 4 is 11.8 Å². The van der Waals surface area contributed by atoms with E-state index < -0.39 is 5.60 Å². The number of allylic oxidation sites excluding steroid dienone is 2. The molecule has 162 valence electrons. The number of ether oxygens (including phenoxy) is 2.